The highest BCUT2D eigenvalue weighted by Crippen LogP contribution is 2.23. The van der Waals surface area contributed by atoms with Crippen molar-refractivity contribution in [2.75, 3.05) is 26.3 Å². The molecule has 1 fully saturated rings. The molecule has 6 heteroatoms. The standard InChI is InChI=1S/C16H21NO5/c1-3-16(2)11-17(8-9-22-16)15(20)12-4-6-13(7-5-12)21-10-14(18)19/h4-7H,3,8-11H2,1-2H3,(H,18,19). The Morgan fingerprint density at radius 3 is 2.64 bits per heavy atom. The molecule has 0 bridgehead atoms. The number of amides is 1. The van der Waals surface area contributed by atoms with E-state index in [1.165, 1.54) is 0 Å². The van der Waals surface area contributed by atoms with Gasteiger partial charge in [0.1, 0.15) is 5.75 Å². The zero-order chi connectivity index (χ0) is 16.2. The molecular formula is C16H21NO5. The van der Waals surface area contributed by atoms with E-state index >= 15 is 0 Å². The smallest absolute Gasteiger partial charge is 0.341 e. The van der Waals surface area contributed by atoms with Crippen LogP contribution in [0, 0.1) is 0 Å². The molecule has 1 amide bonds. The first-order valence-electron chi connectivity index (χ1n) is 7.31. The molecule has 1 aromatic rings. The third kappa shape index (κ3) is 3.98. The fraction of sp³-hybridized carbons (Fsp3) is 0.500. The molecule has 0 aromatic heterocycles. The minimum Gasteiger partial charge on any atom is -0.482 e. The average molecular weight is 307 g/mol. The lowest BCUT2D eigenvalue weighted by molar-refractivity contribution is -0.139. The second-order valence-electron chi connectivity index (χ2n) is 5.59. The molecule has 0 spiro atoms. The lowest BCUT2D eigenvalue weighted by Gasteiger charge is -2.40. The summed E-state index contributed by atoms with van der Waals surface area (Å²) in [6.45, 7) is 5.34. The van der Waals surface area contributed by atoms with Crippen LogP contribution < -0.4 is 4.74 Å². The monoisotopic (exact) mass is 307 g/mol. The fourth-order valence-electron chi connectivity index (χ4n) is 2.34. The molecule has 2 rings (SSSR count). The van der Waals surface area contributed by atoms with Crippen LogP contribution in [0.3, 0.4) is 0 Å². The number of hydrogen-bond acceptors (Lipinski definition) is 4. The van der Waals surface area contributed by atoms with Crippen molar-refractivity contribution < 1.29 is 24.2 Å². The van der Waals surface area contributed by atoms with Crippen LogP contribution in [0.5, 0.6) is 5.75 Å². The van der Waals surface area contributed by atoms with Gasteiger partial charge in [-0.3, -0.25) is 4.79 Å². The van der Waals surface area contributed by atoms with Crippen molar-refractivity contribution in [1.29, 1.82) is 0 Å². The van der Waals surface area contributed by atoms with Crippen molar-refractivity contribution in [3.63, 3.8) is 0 Å². The Bertz CT molecular complexity index is 542. The molecule has 0 radical (unpaired) electrons. The van der Waals surface area contributed by atoms with Gasteiger partial charge in [0.05, 0.1) is 12.2 Å². The highest BCUT2D eigenvalue weighted by Gasteiger charge is 2.32. The number of carboxylic acid groups (broad SMARTS) is 1. The van der Waals surface area contributed by atoms with Crippen LogP contribution in [-0.2, 0) is 9.53 Å². The van der Waals surface area contributed by atoms with Gasteiger partial charge in [-0.1, -0.05) is 6.92 Å². The van der Waals surface area contributed by atoms with E-state index in [2.05, 4.69) is 0 Å². The molecule has 0 aliphatic carbocycles. The number of carboxylic acids is 1. The molecule has 1 aliphatic rings. The van der Waals surface area contributed by atoms with E-state index < -0.39 is 12.6 Å². The predicted octanol–water partition coefficient (Wildman–Crippen LogP) is 1.79. The quantitative estimate of drug-likeness (QED) is 0.897. The largest absolute Gasteiger partial charge is 0.482 e. The van der Waals surface area contributed by atoms with E-state index in [9.17, 15) is 9.59 Å². The van der Waals surface area contributed by atoms with Gasteiger partial charge in [0.25, 0.3) is 5.91 Å². The van der Waals surface area contributed by atoms with E-state index in [1.54, 1.807) is 29.2 Å². The number of rotatable bonds is 5. The third-order valence-corrected chi connectivity index (χ3v) is 3.84. The summed E-state index contributed by atoms with van der Waals surface area (Å²) in [5.41, 5.74) is 0.265. The Hall–Kier alpha value is -2.08. The first kappa shape index (κ1) is 16.3. The third-order valence-electron chi connectivity index (χ3n) is 3.84. The summed E-state index contributed by atoms with van der Waals surface area (Å²) >= 11 is 0. The van der Waals surface area contributed by atoms with Gasteiger partial charge < -0.3 is 19.5 Å². The van der Waals surface area contributed by atoms with Crippen molar-refractivity contribution in [2.45, 2.75) is 25.9 Å². The Kier molecular flexibility index (Phi) is 5.03. The second-order valence-corrected chi connectivity index (χ2v) is 5.59. The van der Waals surface area contributed by atoms with Gasteiger partial charge in [-0.2, -0.15) is 0 Å². The maximum atomic E-state index is 12.5. The number of carbonyl (C=O) groups excluding carboxylic acids is 1. The van der Waals surface area contributed by atoms with Gasteiger partial charge in [0.2, 0.25) is 0 Å². The van der Waals surface area contributed by atoms with Crippen LogP contribution in [-0.4, -0.2) is 53.8 Å². The predicted molar refractivity (Wildman–Crippen MR) is 80.1 cm³/mol. The van der Waals surface area contributed by atoms with E-state index in [0.717, 1.165) is 6.42 Å². The van der Waals surface area contributed by atoms with Gasteiger partial charge in [0.15, 0.2) is 6.61 Å². The van der Waals surface area contributed by atoms with E-state index in [4.69, 9.17) is 14.6 Å². The van der Waals surface area contributed by atoms with E-state index in [-0.39, 0.29) is 11.5 Å². The zero-order valence-corrected chi connectivity index (χ0v) is 12.9. The first-order chi connectivity index (χ1) is 10.4. The normalized spacial score (nSPS) is 21.5. The van der Waals surface area contributed by atoms with Crippen LogP contribution in [0.25, 0.3) is 0 Å². The molecule has 1 N–H and O–H groups in total. The van der Waals surface area contributed by atoms with Gasteiger partial charge >= 0.3 is 5.97 Å². The minimum absolute atomic E-state index is 0.0484. The summed E-state index contributed by atoms with van der Waals surface area (Å²) in [5, 5.41) is 8.56. The second kappa shape index (κ2) is 6.79. The van der Waals surface area contributed by atoms with Gasteiger partial charge in [-0.25, -0.2) is 4.79 Å². The molecule has 1 heterocycles. The van der Waals surface area contributed by atoms with Crippen LogP contribution in [0.15, 0.2) is 24.3 Å². The molecule has 1 aliphatic heterocycles. The number of benzene rings is 1. The Morgan fingerprint density at radius 2 is 2.05 bits per heavy atom. The maximum absolute atomic E-state index is 12.5. The molecule has 120 valence electrons. The van der Waals surface area contributed by atoms with Crippen LogP contribution in [0.2, 0.25) is 0 Å². The lowest BCUT2D eigenvalue weighted by atomic mass is 10.0. The molecule has 0 saturated carbocycles. The van der Waals surface area contributed by atoms with Crippen molar-refractivity contribution >= 4 is 11.9 Å². The SMILES string of the molecule is CCC1(C)CN(C(=O)c2ccc(OCC(=O)O)cc2)CCO1. The number of aliphatic carboxylic acids is 1. The van der Waals surface area contributed by atoms with E-state index in [1.807, 2.05) is 13.8 Å². The summed E-state index contributed by atoms with van der Waals surface area (Å²) < 4.78 is 10.8. The molecule has 1 aromatic carbocycles. The number of hydrogen-bond donors (Lipinski definition) is 1. The van der Waals surface area contributed by atoms with Crippen molar-refractivity contribution in [1.82, 2.24) is 4.90 Å². The van der Waals surface area contributed by atoms with Gasteiger partial charge in [0, 0.05) is 18.7 Å². The summed E-state index contributed by atoms with van der Waals surface area (Å²) in [6.07, 6.45) is 0.846. The number of morpholine rings is 1. The maximum Gasteiger partial charge on any atom is 0.341 e. The summed E-state index contributed by atoms with van der Waals surface area (Å²) in [4.78, 5) is 24.8. The molecule has 1 unspecified atom stereocenters. The number of nitrogens with zero attached hydrogens (tertiary/aromatic N) is 1. The van der Waals surface area contributed by atoms with E-state index in [0.29, 0.717) is 31.0 Å². The molecule has 1 atom stereocenters. The molecule has 22 heavy (non-hydrogen) atoms. The average Bonchev–Trinajstić information content (AvgIpc) is 2.53. The Morgan fingerprint density at radius 1 is 1.36 bits per heavy atom. The van der Waals surface area contributed by atoms with Crippen molar-refractivity contribution in [2.24, 2.45) is 0 Å². The Balaban J connectivity index is 2.01. The van der Waals surface area contributed by atoms with Gasteiger partial charge in [-0.15, -0.1) is 0 Å². The van der Waals surface area contributed by atoms with Crippen LogP contribution in [0.4, 0.5) is 0 Å². The summed E-state index contributed by atoms with van der Waals surface area (Å²) in [6, 6.07) is 6.52. The number of carbonyl (C=O) groups is 2. The topological polar surface area (TPSA) is 76.1 Å². The minimum atomic E-state index is -1.03. The van der Waals surface area contributed by atoms with Crippen LogP contribution >= 0.6 is 0 Å². The van der Waals surface area contributed by atoms with Crippen molar-refractivity contribution in [3.8, 4) is 5.75 Å². The van der Waals surface area contributed by atoms with Crippen LogP contribution in [0.1, 0.15) is 30.6 Å². The summed E-state index contributed by atoms with van der Waals surface area (Å²) in [5.74, 6) is -0.653. The highest BCUT2D eigenvalue weighted by molar-refractivity contribution is 5.94. The first-order valence-corrected chi connectivity index (χ1v) is 7.31. The highest BCUT2D eigenvalue weighted by atomic mass is 16.5. The lowest BCUT2D eigenvalue weighted by Crippen LogP contribution is -2.51. The van der Waals surface area contributed by atoms with Crippen molar-refractivity contribution in [3.05, 3.63) is 29.8 Å². The van der Waals surface area contributed by atoms with Gasteiger partial charge in [-0.05, 0) is 37.6 Å². The molecule has 1 saturated heterocycles. The zero-order valence-electron chi connectivity index (χ0n) is 12.9. The molecule has 6 nitrogen and oxygen atoms in total. The molecular weight excluding hydrogens is 286 g/mol. The Labute approximate surface area is 129 Å². The summed E-state index contributed by atoms with van der Waals surface area (Å²) in [7, 11) is 0. The number of ether oxygens (including phenoxy) is 2. The fourth-order valence-corrected chi connectivity index (χ4v) is 2.34.